The molecule has 0 bridgehead atoms. The normalized spacial score (nSPS) is 19.6. The van der Waals surface area contributed by atoms with Gasteiger partial charge in [-0.2, -0.15) is 0 Å². The molecular weight excluding hydrogens is 253 g/mol. The van der Waals surface area contributed by atoms with Crippen LogP contribution in [-0.4, -0.2) is 28.6 Å². The molecule has 1 saturated heterocycles. The van der Waals surface area contributed by atoms with Crippen LogP contribution < -0.4 is 0 Å². The summed E-state index contributed by atoms with van der Waals surface area (Å²) in [6.45, 7) is 8.10. The first-order valence-corrected chi connectivity index (χ1v) is 7.62. The van der Waals surface area contributed by atoms with E-state index in [9.17, 15) is 9.50 Å². The van der Waals surface area contributed by atoms with Crippen LogP contribution in [0.4, 0.5) is 4.39 Å². The van der Waals surface area contributed by atoms with Gasteiger partial charge in [0.1, 0.15) is 5.82 Å². The van der Waals surface area contributed by atoms with Crippen LogP contribution in [0, 0.1) is 12.7 Å². The Hall–Kier alpha value is -0.930. The maximum absolute atomic E-state index is 13.2. The Bertz CT molecular complexity index is 450. The van der Waals surface area contributed by atoms with E-state index in [2.05, 4.69) is 18.7 Å². The van der Waals surface area contributed by atoms with E-state index >= 15 is 0 Å². The Labute approximate surface area is 121 Å². The molecule has 1 aromatic rings. The lowest BCUT2D eigenvalue weighted by Crippen LogP contribution is -2.49. The van der Waals surface area contributed by atoms with Crippen LogP contribution in [0.15, 0.2) is 18.2 Å². The fourth-order valence-corrected chi connectivity index (χ4v) is 3.15. The Morgan fingerprint density at radius 3 is 2.30 bits per heavy atom. The van der Waals surface area contributed by atoms with Crippen LogP contribution in [-0.2, 0) is 0 Å². The molecule has 1 N–H and O–H groups in total. The minimum atomic E-state index is -0.596. The molecule has 1 aromatic carbocycles. The summed E-state index contributed by atoms with van der Waals surface area (Å²) in [5.41, 5.74) is 1.33. The van der Waals surface area contributed by atoms with E-state index in [4.69, 9.17) is 0 Å². The molecule has 1 unspecified atom stereocenters. The Kier molecular flexibility index (Phi) is 4.82. The number of aliphatic hydroxyl groups is 1. The summed E-state index contributed by atoms with van der Waals surface area (Å²) in [7, 11) is 0. The lowest BCUT2D eigenvalue weighted by molar-refractivity contribution is -0.0104. The monoisotopic (exact) mass is 279 g/mol. The van der Waals surface area contributed by atoms with Gasteiger partial charge >= 0.3 is 0 Å². The highest BCUT2D eigenvalue weighted by molar-refractivity contribution is 5.30. The van der Waals surface area contributed by atoms with Crippen LogP contribution >= 0.6 is 0 Å². The van der Waals surface area contributed by atoms with Gasteiger partial charge in [-0.15, -0.1) is 0 Å². The van der Waals surface area contributed by atoms with Gasteiger partial charge < -0.3 is 5.11 Å². The molecule has 0 aromatic heterocycles. The topological polar surface area (TPSA) is 23.5 Å². The summed E-state index contributed by atoms with van der Waals surface area (Å²) >= 11 is 0. The lowest BCUT2D eigenvalue weighted by Gasteiger charge is -2.42. The molecule has 3 heteroatoms. The first kappa shape index (κ1) is 15.5. The van der Waals surface area contributed by atoms with E-state index in [0.29, 0.717) is 0 Å². The number of likely N-dealkylation sites (tertiary alicyclic amines) is 1. The van der Waals surface area contributed by atoms with Crippen molar-refractivity contribution in [3.8, 4) is 0 Å². The largest absolute Gasteiger partial charge is 0.386 e. The number of nitrogens with zero attached hydrogens (tertiary/aromatic N) is 1. The van der Waals surface area contributed by atoms with Gasteiger partial charge in [0.05, 0.1) is 6.10 Å². The maximum Gasteiger partial charge on any atom is 0.123 e. The lowest BCUT2D eigenvalue weighted by atomic mass is 9.87. The zero-order valence-corrected chi connectivity index (χ0v) is 12.8. The summed E-state index contributed by atoms with van der Waals surface area (Å²) < 4.78 is 13.2. The molecule has 0 radical (unpaired) electrons. The minimum absolute atomic E-state index is 0.244. The van der Waals surface area contributed by atoms with E-state index in [-0.39, 0.29) is 11.4 Å². The van der Waals surface area contributed by atoms with Gasteiger partial charge in [-0.3, -0.25) is 4.90 Å². The van der Waals surface area contributed by atoms with Gasteiger partial charge in [0, 0.05) is 5.54 Å². The predicted octanol–water partition coefficient (Wildman–Crippen LogP) is 3.82. The summed E-state index contributed by atoms with van der Waals surface area (Å²) in [6, 6.07) is 4.65. The van der Waals surface area contributed by atoms with Gasteiger partial charge in [0.15, 0.2) is 0 Å². The first-order valence-electron chi connectivity index (χ1n) is 7.62. The average Bonchev–Trinajstić information content (AvgIpc) is 2.67. The van der Waals surface area contributed by atoms with Crippen LogP contribution in [0.25, 0.3) is 0 Å². The van der Waals surface area contributed by atoms with Crippen molar-refractivity contribution >= 4 is 0 Å². The zero-order valence-electron chi connectivity index (χ0n) is 12.8. The summed E-state index contributed by atoms with van der Waals surface area (Å²) in [5, 5.41) is 10.8. The van der Waals surface area contributed by atoms with Gasteiger partial charge in [-0.25, -0.2) is 4.39 Å². The SMILES string of the molecule is Cc1cc(F)ccc1C(O)C(C)(C)N1CCCCCC1. The van der Waals surface area contributed by atoms with Crippen LogP contribution in [0.5, 0.6) is 0 Å². The van der Waals surface area contributed by atoms with E-state index < -0.39 is 6.10 Å². The highest BCUT2D eigenvalue weighted by atomic mass is 19.1. The predicted molar refractivity (Wildman–Crippen MR) is 80.2 cm³/mol. The number of aliphatic hydroxyl groups excluding tert-OH is 1. The molecule has 1 fully saturated rings. The molecule has 1 heterocycles. The molecule has 0 amide bonds. The molecule has 112 valence electrons. The number of hydrogen-bond donors (Lipinski definition) is 1. The average molecular weight is 279 g/mol. The molecule has 2 nitrogen and oxygen atoms in total. The van der Waals surface area contributed by atoms with E-state index in [1.165, 1.54) is 37.8 Å². The fourth-order valence-electron chi connectivity index (χ4n) is 3.15. The molecule has 0 spiro atoms. The number of aryl methyl sites for hydroxylation is 1. The Morgan fingerprint density at radius 2 is 1.75 bits per heavy atom. The summed E-state index contributed by atoms with van der Waals surface area (Å²) in [6.07, 6.45) is 4.34. The van der Waals surface area contributed by atoms with Crippen LogP contribution in [0.2, 0.25) is 0 Å². The van der Waals surface area contributed by atoms with Gasteiger partial charge in [-0.1, -0.05) is 18.9 Å². The molecule has 20 heavy (non-hydrogen) atoms. The molecule has 1 atom stereocenters. The number of hydrogen-bond acceptors (Lipinski definition) is 2. The molecule has 0 saturated carbocycles. The molecule has 0 aliphatic carbocycles. The van der Waals surface area contributed by atoms with Crippen LogP contribution in [0.3, 0.4) is 0 Å². The van der Waals surface area contributed by atoms with E-state index in [1.807, 2.05) is 6.92 Å². The standard InChI is InChI=1S/C17H26FNO/c1-13-12-14(18)8-9-15(13)16(20)17(2,3)19-10-6-4-5-7-11-19/h8-9,12,16,20H,4-7,10-11H2,1-3H3. The third kappa shape index (κ3) is 3.21. The van der Waals surface area contributed by atoms with Crippen LogP contribution in [0.1, 0.15) is 56.8 Å². The third-order valence-electron chi connectivity index (χ3n) is 4.62. The van der Waals surface area contributed by atoms with Gasteiger partial charge in [-0.05, 0) is 70.0 Å². The van der Waals surface area contributed by atoms with Crippen molar-refractivity contribution in [1.82, 2.24) is 4.90 Å². The van der Waals surface area contributed by atoms with E-state index in [0.717, 1.165) is 24.2 Å². The number of halogens is 1. The van der Waals surface area contributed by atoms with Crippen molar-refractivity contribution in [1.29, 1.82) is 0 Å². The maximum atomic E-state index is 13.2. The molecule has 1 aliphatic rings. The quantitative estimate of drug-likeness (QED) is 0.909. The Balaban J connectivity index is 2.22. The fraction of sp³-hybridized carbons (Fsp3) is 0.647. The zero-order chi connectivity index (χ0) is 14.8. The van der Waals surface area contributed by atoms with Crippen molar-refractivity contribution < 1.29 is 9.50 Å². The van der Waals surface area contributed by atoms with Crippen molar-refractivity contribution in [2.24, 2.45) is 0 Å². The second kappa shape index (κ2) is 6.23. The second-order valence-electron chi connectivity index (χ2n) is 6.46. The van der Waals surface area contributed by atoms with Gasteiger partial charge in [0.25, 0.3) is 0 Å². The minimum Gasteiger partial charge on any atom is -0.386 e. The van der Waals surface area contributed by atoms with Crippen molar-refractivity contribution in [3.63, 3.8) is 0 Å². The molecule has 1 aliphatic heterocycles. The van der Waals surface area contributed by atoms with Crippen molar-refractivity contribution in [3.05, 3.63) is 35.1 Å². The smallest absolute Gasteiger partial charge is 0.123 e. The first-order chi connectivity index (χ1) is 9.43. The summed E-state index contributed by atoms with van der Waals surface area (Å²) in [5.74, 6) is -0.244. The third-order valence-corrected chi connectivity index (χ3v) is 4.62. The van der Waals surface area contributed by atoms with Gasteiger partial charge in [0.2, 0.25) is 0 Å². The highest BCUT2D eigenvalue weighted by Crippen LogP contribution is 2.34. The highest BCUT2D eigenvalue weighted by Gasteiger charge is 2.36. The van der Waals surface area contributed by atoms with E-state index in [1.54, 1.807) is 6.07 Å². The number of rotatable bonds is 3. The second-order valence-corrected chi connectivity index (χ2v) is 6.46. The van der Waals surface area contributed by atoms with Crippen molar-refractivity contribution in [2.45, 2.75) is 58.1 Å². The number of benzene rings is 1. The Morgan fingerprint density at radius 1 is 1.15 bits per heavy atom. The van der Waals surface area contributed by atoms with Crippen molar-refractivity contribution in [2.75, 3.05) is 13.1 Å². The summed E-state index contributed by atoms with van der Waals surface area (Å²) in [4.78, 5) is 2.38. The molecular formula is C17H26FNO. The molecule has 2 rings (SSSR count).